The lowest BCUT2D eigenvalue weighted by atomic mass is 10.2. The number of rotatable bonds is 5. The van der Waals surface area contributed by atoms with Crippen LogP contribution >= 0.6 is 11.8 Å². The minimum absolute atomic E-state index is 0.148. The molecule has 1 amide bonds. The van der Waals surface area contributed by atoms with Gasteiger partial charge in [0.2, 0.25) is 0 Å². The Kier molecular flexibility index (Phi) is 5.00. The molecule has 2 heterocycles. The summed E-state index contributed by atoms with van der Waals surface area (Å²) in [7, 11) is 0. The van der Waals surface area contributed by atoms with Gasteiger partial charge in [0.05, 0.1) is 10.5 Å². The van der Waals surface area contributed by atoms with Crippen LogP contribution in [0, 0.1) is 10.1 Å². The first-order valence-electron chi connectivity index (χ1n) is 7.22. The Morgan fingerprint density at radius 3 is 2.56 bits per heavy atom. The summed E-state index contributed by atoms with van der Waals surface area (Å²) in [5, 5.41) is 14.5. The van der Waals surface area contributed by atoms with Crippen LogP contribution in [0.25, 0.3) is 0 Å². The number of hydrogen-bond acceptors (Lipinski definition) is 6. The topological polar surface area (TPSA) is 98.0 Å². The van der Waals surface area contributed by atoms with Crippen molar-refractivity contribution < 1.29 is 9.72 Å². The molecule has 1 N–H and O–H groups in total. The van der Waals surface area contributed by atoms with Crippen molar-refractivity contribution in [2.75, 3.05) is 5.32 Å². The Balaban J connectivity index is 1.94. The van der Waals surface area contributed by atoms with Crippen molar-refractivity contribution in [2.24, 2.45) is 0 Å². The Labute approximate surface area is 147 Å². The standard InChI is InChI=1S/C17H12N4O3S/c22-17(20-12-6-9-18-10-7-12)14-11-13(21(23)24)4-5-15(14)25-16-3-1-2-8-19-16/h1-11H,(H,18,20,22). The number of carbonyl (C=O) groups excluding carboxylic acids is 1. The number of nitrogens with zero attached hydrogens (tertiary/aromatic N) is 3. The molecule has 0 bridgehead atoms. The van der Waals surface area contributed by atoms with Crippen LogP contribution in [0.2, 0.25) is 0 Å². The fourth-order valence-corrected chi connectivity index (χ4v) is 2.93. The van der Waals surface area contributed by atoms with Crippen LogP contribution in [0.5, 0.6) is 0 Å². The van der Waals surface area contributed by atoms with E-state index in [1.807, 2.05) is 6.07 Å². The van der Waals surface area contributed by atoms with Crippen LogP contribution in [-0.2, 0) is 0 Å². The molecule has 3 aromatic rings. The molecule has 0 saturated carbocycles. The van der Waals surface area contributed by atoms with E-state index in [4.69, 9.17) is 0 Å². The van der Waals surface area contributed by atoms with E-state index in [-0.39, 0.29) is 11.3 Å². The lowest BCUT2D eigenvalue weighted by Crippen LogP contribution is -2.13. The zero-order valence-electron chi connectivity index (χ0n) is 12.8. The summed E-state index contributed by atoms with van der Waals surface area (Å²) in [6.45, 7) is 0. The summed E-state index contributed by atoms with van der Waals surface area (Å²) < 4.78 is 0. The Morgan fingerprint density at radius 1 is 1.08 bits per heavy atom. The molecule has 124 valence electrons. The lowest BCUT2D eigenvalue weighted by molar-refractivity contribution is -0.384. The monoisotopic (exact) mass is 352 g/mol. The number of hydrogen-bond donors (Lipinski definition) is 1. The van der Waals surface area contributed by atoms with Crippen LogP contribution in [-0.4, -0.2) is 20.8 Å². The second-order valence-corrected chi connectivity index (χ2v) is 5.96. The molecule has 7 nitrogen and oxygen atoms in total. The number of anilines is 1. The van der Waals surface area contributed by atoms with Gasteiger partial charge in [0.1, 0.15) is 5.03 Å². The van der Waals surface area contributed by atoms with Gasteiger partial charge in [-0.2, -0.15) is 0 Å². The fraction of sp³-hybridized carbons (Fsp3) is 0. The fourth-order valence-electron chi connectivity index (χ4n) is 2.05. The van der Waals surface area contributed by atoms with Crippen molar-refractivity contribution in [3.05, 3.63) is 82.8 Å². The van der Waals surface area contributed by atoms with Crippen molar-refractivity contribution in [3.63, 3.8) is 0 Å². The van der Waals surface area contributed by atoms with Crippen molar-refractivity contribution in [2.45, 2.75) is 9.92 Å². The second-order valence-electron chi connectivity index (χ2n) is 4.90. The van der Waals surface area contributed by atoms with E-state index < -0.39 is 10.8 Å². The normalized spacial score (nSPS) is 10.2. The summed E-state index contributed by atoms with van der Waals surface area (Å²) in [4.78, 5) is 31.8. The van der Waals surface area contributed by atoms with E-state index >= 15 is 0 Å². The molecular formula is C17H12N4O3S. The highest BCUT2D eigenvalue weighted by atomic mass is 32.2. The minimum atomic E-state index is -0.529. The van der Waals surface area contributed by atoms with Gasteiger partial charge in [-0.25, -0.2) is 4.98 Å². The zero-order valence-corrected chi connectivity index (χ0v) is 13.6. The average Bonchev–Trinajstić information content (AvgIpc) is 2.63. The van der Waals surface area contributed by atoms with Crippen molar-refractivity contribution in [1.82, 2.24) is 9.97 Å². The maximum absolute atomic E-state index is 12.6. The molecule has 8 heteroatoms. The van der Waals surface area contributed by atoms with Crippen LogP contribution in [0.1, 0.15) is 10.4 Å². The first-order chi connectivity index (χ1) is 12.1. The maximum atomic E-state index is 12.6. The summed E-state index contributed by atoms with van der Waals surface area (Å²) in [6, 6.07) is 12.9. The molecule has 0 aliphatic heterocycles. The number of nitro benzene ring substituents is 1. The van der Waals surface area contributed by atoms with Crippen molar-refractivity contribution in [1.29, 1.82) is 0 Å². The minimum Gasteiger partial charge on any atom is -0.322 e. The van der Waals surface area contributed by atoms with Crippen LogP contribution < -0.4 is 5.32 Å². The van der Waals surface area contributed by atoms with Crippen molar-refractivity contribution >= 4 is 29.0 Å². The summed E-state index contributed by atoms with van der Waals surface area (Å²) in [5.74, 6) is -0.437. The molecule has 0 spiro atoms. The van der Waals surface area contributed by atoms with Gasteiger partial charge < -0.3 is 5.32 Å². The van der Waals surface area contributed by atoms with Gasteiger partial charge in [0.15, 0.2) is 0 Å². The van der Waals surface area contributed by atoms with E-state index in [0.29, 0.717) is 15.6 Å². The van der Waals surface area contributed by atoms with Gasteiger partial charge in [-0.05, 0) is 30.3 Å². The third-order valence-electron chi connectivity index (χ3n) is 3.21. The number of amides is 1. The quantitative estimate of drug-likeness (QED) is 0.554. The number of benzene rings is 1. The molecule has 2 aromatic heterocycles. The number of nitrogens with one attached hydrogen (secondary N) is 1. The highest BCUT2D eigenvalue weighted by Crippen LogP contribution is 2.31. The summed E-state index contributed by atoms with van der Waals surface area (Å²) in [6.07, 6.45) is 4.74. The zero-order chi connectivity index (χ0) is 17.6. The molecule has 0 aliphatic rings. The molecule has 0 saturated heterocycles. The van der Waals surface area contributed by atoms with E-state index in [2.05, 4.69) is 15.3 Å². The first-order valence-corrected chi connectivity index (χ1v) is 8.04. The Hall–Kier alpha value is -3.26. The van der Waals surface area contributed by atoms with E-state index in [1.54, 1.807) is 48.9 Å². The van der Waals surface area contributed by atoms with Crippen LogP contribution in [0.15, 0.2) is 77.0 Å². The highest BCUT2D eigenvalue weighted by Gasteiger charge is 2.18. The Bertz CT molecular complexity index is 904. The molecule has 3 rings (SSSR count). The number of carbonyl (C=O) groups is 1. The third kappa shape index (κ3) is 4.18. The number of aromatic nitrogens is 2. The Morgan fingerprint density at radius 2 is 1.88 bits per heavy atom. The number of non-ortho nitro benzene ring substituents is 1. The van der Waals surface area contributed by atoms with Gasteiger partial charge in [-0.3, -0.25) is 19.9 Å². The third-order valence-corrected chi connectivity index (χ3v) is 4.24. The SMILES string of the molecule is O=C(Nc1ccncc1)c1cc([N+](=O)[O-])ccc1Sc1ccccn1. The van der Waals surface area contributed by atoms with Gasteiger partial charge >= 0.3 is 0 Å². The van der Waals surface area contributed by atoms with E-state index in [1.165, 1.54) is 23.9 Å². The predicted molar refractivity (Wildman–Crippen MR) is 93.6 cm³/mol. The molecule has 0 aliphatic carbocycles. The molecule has 0 radical (unpaired) electrons. The molecule has 0 fully saturated rings. The van der Waals surface area contributed by atoms with E-state index in [0.717, 1.165) is 0 Å². The largest absolute Gasteiger partial charge is 0.322 e. The second kappa shape index (κ2) is 7.54. The molecule has 25 heavy (non-hydrogen) atoms. The summed E-state index contributed by atoms with van der Waals surface area (Å²) >= 11 is 1.27. The highest BCUT2D eigenvalue weighted by molar-refractivity contribution is 7.99. The lowest BCUT2D eigenvalue weighted by Gasteiger charge is -2.09. The average molecular weight is 352 g/mol. The summed E-state index contributed by atoms with van der Waals surface area (Å²) in [5.41, 5.74) is 0.618. The van der Waals surface area contributed by atoms with Gasteiger partial charge in [0, 0.05) is 41.3 Å². The van der Waals surface area contributed by atoms with Crippen LogP contribution in [0.4, 0.5) is 11.4 Å². The maximum Gasteiger partial charge on any atom is 0.270 e. The molecule has 0 unspecified atom stereocenters. The van der Waals surface area contributed by atoms with E-state index in [9.17, 15) is 14.9 Å². The van der Waals surface area contributed by atoms with Crippen molar-refractivity contribution in [3.8, 4) is 0 Å². The first kappa shape index (κ1) is 16.6. The number of nitro groups is 1. The van der Waals surface area contributed by atoms with Gasteiger partial charge in [-0.15, -0.1) is 0 Å². The predicted octanol–water partition coefficient (Wildman–Crippen LogP) is 3.79. The number of pyridine rings is 2. The molecular weight excluding hydrogens is 340 g/mol. The van der Waals surface area contributed by atoms with Gasteiger partial charge in [0.25, 0.3) is 11.6 Å². The molecule has 0 atom stereocenters. The smallest absolute Gasteiger partial charge is 0.270 e. The van der Waals surface area contributed by atoms with Gasteiger partial charge in [-0.1, -0.05) is 17.8 Å². The van der Waals surface area contributed by atoms with Crippen LogP contribution in [0.3, 0.4) is 0 Å². The molecule has 1 aromatic carbocycles.